The lowest BCUT2D eigenvalue weighted by atomic mass is 9.88. The fourth-order valence-corrected chi connectivity index (χ4v) is 6.78. The fourth-order valence-electron chi connectivity index (χ4n) is 6.78. The zero-order valence-electron chi connectivity index (χ0n) is 27.7. The van der Waals surface area contributed by atoms with E-state index in [4.69, 9.17) is 0 Å². The Bertz CT molecular complexity index is 1410. The summed E-state index contributed by atoms with van der Waals surface area (Å²) in [6.45, 7) is 4.19. The maximum absolute atomic E-state index is 14.2. The van der Waals surface area contributed by atoms with Crippen molar-refractivity contribution in [3.05, 3.63) is 113 Å². The van der Waals surface area contributed by atoms with Crippen molar-refractivity contribution in [2.45, 2.75) is 76.3 Å². The van der Waals surface area contributed by atoms with Gasteiger partial charge in [0.2, 0.25) is 17.7 Å². The van der Waals surface area contributed by atoms with Gasteiger partial charge < -0.3 is 20.9 Å². The SMILES string of the molecule is Cc1ccc(/C=C/C(=O)NCC2CCN(CC(c3ccccc3)c3ccccc3)C(=O)C(CCCNC(=O)C3CCCCC3)N2)cc1. The van der Waals surface area contributed by atoms with Crippen molar-refractivity contribution in [3.63, 3.8) is 0 Å². The van der Waals surface area contributed by atoms with Crippen molar-refractivity contribution < 1.29 is 14.4 Å². The number of hydrogen-bond donors (Lipinski definition) is 3. The number of carbonyl (C=O) groups excluding carboxylic acids is 3. The van der Waals surface area contributed by atoms with E-state index in [0.717, 1.165) is 37.7 Å². The Morgan fingerprint density at radius 1 is 0.872 bits per heavy atom. The van der Waals surface area contributed by atoms with Crippen LogP contribution in [0.1, 0.15) is 79.5 Å². The molecular formula is C40H50N4O3. The van der Waals surface area contributed by atoms with Crippen molar-refractivity contribution in [1.29, 1.82) is 0 Å². The zero-order chi connectivity index (χ0) is 32.8. The Labute approximate surface area is 280 Å². The van der Waals surface area contributed by atoms with E-state index in [-0.39, 0.29) is 35.6 Å². The van der Waals surface area contributed by atoms with E-state index in [2.05, 4.69) is 40.2 Å². The van der Waals surface area contributed by atoms with Crippen LogP contribution >= 0.6 is 0 Å². The van der Waals surface area contributed by atoms with Gasteiger partial charge in [-0.3, -0.25) is 14.4 Å². The standard InChI is InChI=1S/C40H50N4O3/c1-30-19-21-31(22-20-30)23-24-38(45)42-28-35-25-27-44(29-36(32-12-5-2-6-13-32)33-14-7-3-8-15-33)40(47)37(43-35)18-11-26-41-39(46)34-16-9-4-10-17-34/h2-3,5-8,12-15,19-24,34-37,43H,4,9-11,16-18,25-29H2,1H3,(H,41,46)(H,42,45)/b24-23+. The Kier molecular flexibility index (Phi) is 12.8. The van der Waals surface area contributed by atoms with Crippen LogP contribution in [0.5, 0.6) is 0 Å². The number of nitrogens with zero attached hydrogens (tertiary/aromatic N) is 1. The van der Waals surface area contributed by atoms with Gasteiger partial charge in [-0.15, -0.1) is 0 Å². The monoisotopic (exact) mass is 634 g/mol. The molecule has 2 aliphatic rings. The summed E-state index contributed by atoms with van der Waals surface area (Å²) in [5, 5.41) is 9.78. The van der Waals surface area contributed by atoms with Crippen molar-refractivity contribution in [3.8, 4) is 0 Å². The normalized spacial score (nSPS) is 19.1. The number of aryl methyl sites for hydroxylation is 1. The summed E-state index contributed by atoms with van der Waals surface area (Å²) in [6.07, 6.45) is 10.8. The second kappa shape index (κ2) is 17.6. The highest BCUT2D eigenvalue weighted by atomic mass is 16.2. The van der Waals surface area contributed by atoms with Gasteiger partial charge >= 0.3 is 0 Å². The first kappa shape index (κ1) is 34.1. The van der Waals surface area contributed by atoms with Gasteiger partial charge in [-0.1, -0.05) is 110 Å². The van der Waals surface area contributed by atoms with Gasteiger partial charge in [-0.2, -0.15) is 0 Å². The lowest BCUT2D eigenvalue weighted by Crippen LogP contribution is -2.49. The summed E-state index contributed by atoms with van der Waals surface area (Å²) >= 11 is 0. The van der Waals surface area contributed by atoms with Crippen molar-refractivity contribution in [2.24, 2.45) is 5.92 Å². The van der Waals surface area contributed by atoms with Crippen LogP contribution in [0, 0.1) is 12.8 Å². The van der Waals surface area contributed by atoms with E-state index in [9.17, 15) is 14.4 Å². The first-order chi connectivity index (χ1) is 23.0. The summed E-state index contributed by atoms with van der Waals surface area (Å²) in [5.41, 5.74) is 4.50. The highest BCUT2D eigenvalue weighted by molar-refractivity contribution is 5.91. The molecule has 1 aliphatic carbocycles. The highest BCUT2D eigenvalue weighted by Crippen LogP contribution is 2.27. The van der Waals surface area contributed by atoms with Gasteiger partial charge in [0.25, 0.3) is 0 Å². The lowest BCUT2D eigenvalue weighted by molar-refractivity contribution is -0.133. The molecule has 2 unspecified atom stereocenters. The van der Waals surface area contributed by atoms with E-state index >= 15 is 0 Å². The summed E-state index contributed by atoms with van der Waals surface area (Å²) in [6, 6.07) is 28.3. The molecule has 0 spiro atoms. The van der Waals surface area contributed by atoms with Crippen LogP contribution in [-0.2, 0) is 14.4 Å². The number of carbonyl (C=O) groups is 3. The van der Waals surface area contributed by atoms with Crippen molar-refractivity contribution >= 4 is 23.8 Å². The van der Waals surface area contributed by atoms with Crippen molar-refractivity contribution in [2.75, 3.05) is 26.2 Å². The van der Waals surface area contributed by atoms with Gasteiger partial charge in [0.15, 0.2) is 0 Å². The molecule has 3 aromatic rings. The molecule has 7 heteroatoms. The number of hydrogen-bond acceptors (Lipinski definition) is 4. The molecular weight excluding hydrogens is 584 g/mol. The molecule has 1 saturated carbocycles. The number of amides is 3. The minimum Gasteiger partial charge on any atom is -0.356 e. The maximum atomic E-state index is 14.2. The third kappa shape index (κ3) is 10.4. The number of nitrogens with one attached hydrogen (secondary N) is 3. The van der Waals surface area contributed by atoms with E-state index in [1.165, 1.54) is 23.1 Å². The Balaban J connectivity index is 1.24. The number of benzene rings is 3. The first-order valence-electron chi connectivity index (χ1n) is 17.4. The third-order valence-corrected chi connectivity index (χ3v) is 9.57. The topological polar surface area (TPSA) is 90.5 Å². The summed E-state index contributed by atoms with van der Waals surface area (Å²) < 4.78 is 0. The minimum atomic E-state index is -0.402. The van der Waals surface area contributed by atoms with Crippen LogP contribution in [0.3, 0.4) is 0 Å². The van der Waals surface area contributed by atoms with E-state index in [1.54, 1.807) is 6.08 Å². The molecule has 0 aromatic heterocycles. The molecule has 1 heterocycles. The molecule has 2 fully saturated rings. The van der Waals surface area contributed by atoms with E-state index in [1.807, 2.05) is 78.6 Å². The molecule has 7 nitrogen and oxygen atoms in total. The smallest absolute Gasteiger partial charge is 0.244 e. The lowest BCUT2D eigenvalue weighted by Gasteiger charge is -2.29. The van der Waals surface area contributed by atoms with Gasteiger partial charge in [-0.05, 0) is 61.8 Å². The maximum Gasteiger partial charge on any atom is 0.244 e. The Hall–Kier alpha value is -4.23. The second-order valence-corrected chi connectivity index (χ2v) is 13.1. The van der Waals surface area contributed by atoms with Crippen LogP contribution in [0.2, 0.25) is 0 Å². The van der Waals surface area contributed by atoms with Crippen LogP contribution in [0.15, 0.2) is 91.0 Å². The first-order valence-corrected chi connectivity index (χ1v) is 17.4. The number of rotatable bonds is 13. The van der Waals surface area contributed by atoms with Crippen LogP contribution in [0.4, 0.5) is 0 Å². The Morgan fingerprint density at radius 2 is 1.53 bits per heavy atom. The average molecular weight is 635 g/mol. The average Bonchev–Trinajstić information content (AvgIpc) is 3.26. The molecule has 2 atom stereocenters. The van der Waals surface area contributed by atoms with Gasteiger partial charge in [0.1, 0.15) is 0 Å². The largest absolute Gasteiger partial charge is 0.356 e. The van der Waals surface area contributed by atoms with E-state index < -0.39 is 6.04 Å². The van der Waals surface area contributed by atoms with Gasteiger partial charge in [0, 0.05) is 50.1 Å². The van der Waals surface area contributed by atoms with Crippen LogP contribution in [-0.4, -0.2) is 60.9 Å². The summed E-state index contributed by atoms with van der Waals surface area (Å²) in [4.78, 5) is 41.6. The third-order valence-electron chi connectivity index (χ3n) is 9.57. The molecule has 3 amide bonds. The molecule has 1 saturated heterocycles. The molecule has 0 radical (unpaired) electrons. The molecule has 3 N–H and O–H groups in total. The van der Waals surface area contributed by atoms with E-state index in [0.29, 0.717) is 39.0 Å². The molecule has 248 valence electrons. The Morgan fingerprint density at radius 3 is 2.19 bits per heavy atom. The highest BCUT2D eigenvalue weighted by Gasteiger charge is 2.32. The summed E-state index contributed by atoms with van der Waals surface area (Å²) in [7, 11) is 0. The fraction of sp³-hybridized carbons (Fsp3) is 0.425. The molecule has 47 heavy (non-hydrogen) atoms. The minimum absolute atomic E-state index is 0.0416. The predicted octanol–water partition coefficient (Wildman–Crippen LogP) is 5.99. The van der Waals surface area contributed by atoms with Gasteiger partial charge in [0.05, 0.1) is 6.04 Å². The van der Waals surface area contributed by atoms with Gasteiger partial charge in [-0.25, -0.2) is 0 Å². The zero-order valence-corrected chi connectivity index (χ0v) is 27.7. The molecule has 0 bridgehead atoms. The molecule has 3 aromatic carbocycles. The quantitative estimate of drug-likeness (QED) is 0.159. The molecule has 1 aliphatic heterocycles. The summed E-state index contributed by atoms with van der Waals surface area (Å²) in [5.74, 6) is 0.237. The molecule has 5 rings (SSSR count). The predicted molar refractivity (Wildman–Crippen MR) is 189 cm³/mol. The van der Waals surface area contributed by atoms with Crippen LogP contribution in [0.25, 0.3) is 6.08 Å². The van der Waals surface area contributed by atoms with Crippen LogP contribution < -0.4 is 16.0 Å². The second-order valence-electron chi connectivity index (χ2n) is 13.1. The van der Waals surface area contributed by atoms with Crippen molar-refractivity contribution in [1.82, 2.24) is 20.9 Å².